The van der Waals surface area contributed by atoms with Gasteiger partial charge in [0.15, 0.2) is 0 Å². The number of nitrogens with one attached hydrogen (secondary N) is 1. The molecular formula is C10H13ClN4S. The molecule has 0 saturated heterocycles. The summed E-state index contributed by atoms with van der Waals surface area (Å²) in [7, 11) is 1.90. The molecule has 0 aliphatic rings. The van der Waals surface area contributed by atoms with Gasteiger partial charge in [0.05, 0.1) is 28.5 Å². The minimum absolute atomic E-state index is 0.0671. The molecular weight excluding hydrogens is 244 g/mol. The average Bonchev–Trinajstić information content (AvgIpc) is 2.87. The monoisotopic (exact) mass is 256 g/mol. The Morgan fingerprint density at radius 3 is 2.88 bits per heavy atom. The van der Waals surface area contributed by atoms with E-state index in [2.05, 4.69) is 22.3 Å². The van der Waals surface area contributed by atoms with Crippen LogP contribution in [0, 0.1) is 0 Å². The number of nitrogens with zero attached hydrogens (tertiary/aromatic N) is 3. The van der Waals surface area contributed by atoms with E-state index in [1.54, 1.807) is 22.2 Å². The van der Waals surface area contributed by atoms with Crippen molar-refractivity contribution in [3.05, 3.63) is 33.5 Å². The minimum atomic E-state index is 0.0671. The molecule has 6 heteroatoms. The van der Waals surface area contributed by atoms with Crippen LogP contribution in [0.3, 0.4) is 0 Å². The molecule has 0 bridgehead atoms. The first-order valence-corrected chi connectivity index (χ1v) is 6.29. The van der Waals surface area contributed by atoms with Gasteiger partial charge in [0.2, 0.25) is 0 Å². The van der Waals surface area contributed by atoms with Gasteiger partial charge in [-0.2, -0.15) is 5.10 Å². The van der Waals surface area contributed by atoms with E-state index in [1.165, 1.54) is 0 Å². The van der Waals surface area contributed by atoms with Gasteiger partial charge in [-0.25, -0.2) is 0 Å². The van der Waals surface area contributed by atoms with Gasteiger partial charge >= 0.3 is 0 Å². The van der Waals surface area contributed by atoms with Crippen molar-refractivity contribution in [2.45, 2.75) is 13.0 Å². The van der Waals surface area contributed by atoms with Crippen molar-refractivity contribution in [1.29, 1.82) is 0 Å². The summed E-state index contributed by atoms with van der Waals surface area (Å²) in [6.07, 6.45) is 3.53. The highest BCUT2D eigenvalue weighted by Gasteiger charge is 2.21. The van der Waals surface area contributed by atoms with Crippen LogP contribution in [0.1, 0.15) is 23.5 Å². The van der Waals surface area contributed by atoms with Crippen molar-refractivity contribution in [1.82, 2.24) is 20.1 Å². The maximum atomic E-state index is 6.15. The van der Waals surface area contributed by atoms with Gasteiger partial charge in [0.25, 0.3) is 0 Å². The van der Waals surface area contributed by atoms with E-state index in [9.17, 15) is 0 Å². The molecule has 86 valence electrons. The molecule has 16 heavy (non-hydrogen) atoms. The van der Waals surface area contributed by atoms with Crippen LogP contribution in [0.25, 0.3) is 0 Å². The van der Waals surface area contributed by atoms with Gasteiger partial charge in [-0.3, -0.25) is 9.67 Å². The average molecular weight is 257 g/mol. The fourth-order valence-corrected chi connectivity index (χ4v) is 2.62. The zero-order valence-corrected chi connectivity index (χ0v) is 10.7. The summed E-state index contributed by atoms with van der Waals surface area (Å²) < 4.78 is 1.80. The molecule has 0 spiro atoms. The van der Waals surface area contributed by atoms with Crippen molar-refractivity contribution < 1.29 is 0 Å². The summed E-state index contributed by atoms with van der Waals surface area (Å²) in [4.78, 5) is 5.25. The molecule has 2 heterocycles. The molecule has 0 saturated carbocycles. The lowest BCUT2D eigenvalue weighted by atomic mass is 10.2. The van der Waals surface area contributed by atoms with Gasteiger partial charge in [-0.1, -0.05) is 18.5 Å². The van der Waals surface area contributed by atoms with Crippen molar-refractivity contribution in [2.75, 3.05) is 6.54 Å². The van der Waals surface area contributed by atoms with E-state index in [0.29, 0.717) is 5.02 Å². The standard InChI is InChI=1S/C10H13ClN4S/c1-3-13-9(8-5-12-6-16-8)10-7(11)4-14-15(10)2/h4-6,9,13H,3H2,1-2H3. The lowest BCUT2D eigenvalue weighted by molar-refractivity contribution is 0.579. The molecule has 0 aliphatic heterocycles. The Bertz CT molecular complexity index is 432. The molecule has 2 aromatic heterocycles. The van der Waals surface area contributed by atoms with Gasteiger partial charge in [-0.15, -0.1) is 11.3 Å². The predicted molar refractivity (Wildman–Crippen MR) is 65.9 cm³/mol. The minimum Gasteiger partial charge on any atom is -0.304 e. The van der Waals surface area contributed by atoms with Crippen molar-refractivity contribution in [2.24, 2.45) is 7.05 Å². The Labute approximate surface area is 103 Å². The summed E-state index contributed by atoms with van der Waals surface area (Å²) in [6.45, 7) is 2.93. The van der Waals surface area contributed by atoms with Crippen LogP contribution in [0.5, 0.6) is 0 Å². The summed E-state index contributed by atoms with van der Waals surface area (Å²) in [6, 6.07) is 0.0671. The van der Waals surface area contributed by atoms with Crippen molar-refractivity contribution in [3.8, 4) is 0 Å². The van der Waals surface area contributed by atoms with Crippen LogP contribution >= 0.6 is 22.9 Å². The van der Waals surface area contributed by atoms with Crippen LogP contribution < -0.4 is 5.32 Å². The van der Waals surface area contributed by atoms with Crippen LogP contribution in [-0.4, -0.2) is 21.3 Å². The molecule has 0 aliphatic carbocycles. The van der Waals surface area contributed by atoms with E-state index < -0.39 is 0 Å². The van der Waals surface area contributed by atoms with Crippen molar-refractivity contribution in [3.63, 3.8) is 0 Å². The highest BCUT2D eigenvalue weighted by Crippen LogP contribution is 2.29. The molecule has 0 radical (unpaired) electrons. The number of hydrogen-bond acceptors (Lipinski definition) is 4. The molecule has 0 aromatic carbocycles. The third kappa shape index (κ3) is 2.11. The number of aryl methyl sites for hydroxylation is 1. The largest absolute Gasteiger partial charge is 0.304 e. The first-order valence-electron chi connectivity index (χ1n) is 5.03. The summed E-state index contributed by atoms with van der Waals surface area (Å²) in [5.41, 5.74) is 2.80. The number of thiazole rings is 1. The van der Waals surface area contributed by atoms with E-state index in [1.807, 2.05) is 18.8 Å². The third-order valence-corrected chi connectivity index (χ3v) is 3.49. The SMILES string of the molecule is CCNC(c1cncs1)c1c(Cl)cnn1C. The number of rotatable bonds is 4. The van der Waals surface area contributed by atoms with Crippen LogP contribution in [0.2, 0.25) is 5.02 Å². The van der Waals surface area contributed by atoms with E-state index in [-0.39, 0.29) is 6.04 Å². The zero-order valence-electron chi connectivity index (χ0n) is 9.14. The molecule has 2 aromatic rings. The topological polar surface area (TPSA) is 42.7 Å². The number of hydrogen-bond donors (Lipinski definition) is 1. The Kier molecular flexibility index (Phi) is 3.58. The summed E-state index contributed by atoms with van der Waals surface area (Å²) >= 11 is 7.77. The maximum absolute atomic E-state index is 6.15. The maximum Gasteiger partial charge on any atom is 0.0873 e. The quantitative estimate of drug-likeness (QED) is 0.912. The van der Waals surface area contributed by atoms with E-state index >= 15 is 0 Å². The first-order chi connectivity index (χ1) is 7.74. The van der Waals surface area contributed by atoms with Gasteiger partial charge in [-0.05, 0) is 6.54 Å². The lowest BCUT2D eigenvalue weighted by Gasteiger charge is -2.16. The first kappa shape index (κ1) is 11.6. The predicted octanol–water partition coefficient (Wildman–Crippen LogP) is 2.23. The smallest absolute Gasteiger partial charge is 0.0873 e. The molecule has 4 nitrogen and oxygen atoms in total. The van der Waals surface area contributed by atoms with E-state index in [4.69, 9.17) is 11.6 Å². The fourth-order valence-electron chi connectivity index (χ4n) is 1.65. The zero-order chi connectivity index (χ0) is 11.5. The molecule has 1 atom stereocenters. The Morgan fingerprint density at radius 1 is 1.56 bits per heavy atom. The Morgan fingerprint density at radius 2 is 2.38 bits per heavy atom. The van der Waals surface area contributed by atoms with Gasteiger partial charge < -0.3 is 5.32 Å². The van der Waals surface area contributed by atoms with E-state index in [0.717, 1.165) is 17.1 Å². The number of halogens is 1. The fraction of sp³-hybridized carbons (Fsp3) is 0.400. The molecule has 2 rings (SSSR count). The second kappa shape index (κ2) is 4.95. The van der Waals surface area contributed by atoms with Crippen molar-refractivity contribution >= 4 is 22.9 Å². The Hall–Kier alpha value is -0.910. The second-order valence-electron chi connectivity index (χ2n) is 3.40. The van der Waals surface area contributed by atoms with Crippen LogP contribution in [0.15, 0.2) is 17.9 Å². The van der Waals surface area contributed by atoms with Gasteiger partial charge in [0.1, 0.15) is 0 Å². The highest BCUT2D eigenvalue weighted by atomic mass is 35.5. The molecule has 0 fully saturated rings. The summed E-state index contributed by atoms with van der Waals surface area (Å²) in [5, 5.41) is 8.23. The molecule has 1 unspecified atom stereocenters. The number of aromatic nitrogens is 3. The normalized spacial score (nSPS) is 12.9. The summed E-state index contributed by atoms with van der Waals surface area (Å²) in [5.74, 6) is 0. The second-order valence-corrected chi connectivity index (χ2v) is 4.72. The molecule has 0 amide bonds. The molecule has 1 N–H and O–H groups in total. The van der Waals surface area contributed by atoms with Crippen LogP contribution in [-0.2, 0) is 7.05 Å². The Balaban J connectivity index is 2.40. The highest BCUT2D eigenvalue weighted by molar-refractivity contribution is 7.09. The van der Waals surface area contributed by atoms with Gasteiger partial charge in [0, 0.05) is 18.1 Å². The third-order valence-electron chi connectivity index (χ3n) is 2.36. The van der Waals surface area contributed by atoms with Crippen LogP contribution in [0.4, 0.5) is 0 Å². The lowest BCUT2D eigenvalue weighted by Crippen LogP contribution is -2.23.